The number of nitro benzene ring substituents is 1. The Kier molecular flexibility index (Phi) is 3.57. The van der Waals surface area contributed by atoms with Crippen LogP contribution in [0.25, 0.3) is 0 Å². The van der Waals surface area contributed by atoms with Gasteiger partial charge in [0.1, 0.15) is 0 Å². The highest BCUT2D eigenvalue weighted by Gasteiger charge is 2.19. The van der Waals surface area contributed by atoms with Gasteiger partial charge in [-0.1, -0.05) is 0 Å². The summed E-state index contributed by atoms with van der Waals surface area (Å²) in [5, 5.41) is 10.7. The Hall–Kier alpha value is -1.95. The van der Waals surface area contributed by atoms with Crippen molar-refractivity contribution in [1.29, 1.82) is 0 Å². The lowest BCUT2D eigenvalue weighted by Gasteiger charge is -2.06. The molecule has 0 aromatic heterocycles. The number of Topliss-reactive ketones (excluding diaryl/α,β-unsaturated/α-hetero) is 1. The molecular formula is C10H12N2O4. The molecule has 0 fully saturated rings. The van der Waals surface area contributed by atoms with Crippen LogP contribution in [0, 0.1) is 10.1 Å². The van der Waals surface area contributed by atoms with Crippen LogP contribution >= 0.6 is 0 Å². The van der Waals surface area contributed by atoms with Gasteiger partial charge in [-0.2, -0.15) is 0 Å². The average Bonchev–Trinajstić information content (AvgIpc) is 2.26. The van der Waals surface area contributed by atoms with Crippen molar-refractivity contribution < 1.29 is 14.5 Å². The van der Waals surface area contributed by atoms with E-state index in [2.05, 4.69) is 0 Å². The van der Waals surface area contributed by atoms with Crippen LogP contribution in [0.1, 0.15) is 17.3 Å². The van der Waals surface area contributed by atoms with Crippen molar-refractivity contribution in [3.63, 3.8) is 0 Å². The molecule has 0 heterocycles. The van der Waals surface area contributed by atoms with E-state index in [9.17, 15) is 14.9 Å². The maximum atomic E-state index is 11.5. The molecule has 86 valence electrons. The van der Waals surface area contributed by atoms with Crippen LogP contribution in [0.4, 0.5) is 5.69 Å². The summed E-state index contributed by atoms with van der Waals surface area (Å²) in [5.41, 5.74) is 5.38. The van der Waals surface area contributed by atoms with E-state index in [1.54, 1.807) is 0 Å². The summed E-state index contributed by atoms with van der Waals surface area (Å²) in [4.78, 5) is 21.6. The lowest BCUT2D eigenvalue weighted by atomic mass is 10.1. The Morgan fingerprint density at radius 2 is 2.19 bits per heavy atom. The smallest absolute Gasteiger partial charge is 0.311 e. The third-order valence-corrected chi connectivity index (χ3v) is 2.07. The predicted molar refractivity (Wildman–Crippen MR) is 57.6 cm³/mol. The molecular weight excluding hydrogens is 212 g/mol. The molecule has 0 spiro atoms. The van der Waals surface area contributed by atoms with Crippen LogP contribution in [0.15, 0.2) is 18.2 Å². The number of carbonyl (C=O) groups is 1. The minimum absolute atomic E-state index is 0.117. The second-order valence-electron chi connectivity index (χ2n) is 3.30. The minimum Gasteiger partial charge on any atom is -0.490 e. The molecule has 1 aromatic rings. The lowest BCUT2D eigenvalue weighted by Crippen LogP contribution is -2.26. The van der Waals surface area contributed by atoms with Crippen LogP contribution in [-0.2, 0) is 0 Å². The number of ketones is 1. The highest BCUT2D eigenvalue weighted by molar-refractivity contribution is 6.00. The van der Waals surface area contributed by atoms with E-state index in [-0.39, 0.29) is 22.8 Å². The summed E-state index contributed by atoms with van der Waals surface area (Å²) in [6.07, 6.45) is 0. The van der Waals surface area contributed by atoms with Crippen molar-refractivity contribution in [2.24, 2.45) is 5.73 Å². The Morgan fingerprint density at radius 3 is 2.62 bits per heavy atom. The molecule has 1 unspecified atom stereocenters. The van der Waals surface area contributed by atoms with Gasteiger partial charge in [-0.3, -0.25) is 14.9 Å². The van der Waals surface area contributed by atoms with E-state index in [4.69, 9.17) is 10.5 Å². The predicted octanol–water partition coefficient (Wildman–Crippen LogP) is 1.13. The van der Waals surface area contributed by atoms with Crippen LogP contribution in [-0.4, -0.2) is 23.9 Å². The largest absolute Gasteiger partial charge is 0.490 e. The van der Waals surface area contributed by atoms with Gasteiger partial charge in [-0.15, -0.1) is 0 Å². The number of rotatable bonds is 4. The fourth-order valence-electron chi connectivity index (χ4n) is 1.25. The number of ether oxygens (including phenoxy) is 1. The molecule has 0 bridgehead atoms. The summed E-state index contributed by atoms with van der Waals surface area (Å²) >= 11 is 0. The summed E-state index contributed by atoms with van der Waals surface area (Å²) in [6.45, 7) is 1.53. The summed E-state index contributed by atoms with van der Waals surface area (Å²) in [7, 11) is 1.33. The molecule has 6 heteroatoms. The van der Waals surface area contributed by atoms with Crippen LogP contribution in [0.2, 0.25) is 0 Å². The molecule has 1 rings (SSSR count). The van der Waals surface area contributed by atoms with Crippen LogP contribution in [0.3, 0.4) is 0 Å². The molecule has 0 aliphatic rings. The third kappa shape index (κ3) is 2.34. The molecule has 1 atom stereocenters. The first-order valence-corrected chi connectivity index (χ1v) is 4.59. The van der Waals surface area contributed by atoms with E-state index in [0.29, 0.717) is 0 Å². The standard InChI is InChI=1S/C10H12N2O4/c1-6(11)10(13)7-3-4-9(16-2)8(5-7)12(14)15/h3-6H,11H2,1-2H3. The number of hydrogen-bond donors (Lipinski definition) is 1. The fraction of sp³-hybridized carbons (Fsp3) is 0.300. The molecule has 0 aliphatic carbocycles. The Balaban J connectivity index is 3.22. The Morgan fingerprint density at radius 1 is 1.56 bits per heavy atom. The maximum Gasteiger partial charge on any atom is 0.311 e. The number of nitro groups is 1. The minimum atomic E-state index is -0.687. The van der Waals surface area contributed by atoms with Gasteiger partial charge in [0, 0.05) is 11.6 Å². The zero-order chi connectivity index (χ0) is 12.3. The zero-order valence-electron chi connectivity index (χ0n) is 8.97. The lowest BCUT2D eigenvalue weighted by molar-refractivity contribution is -0.385. The van der Waals surface area contributed by atoms with Gasteiger partial charge < -0.3 is 10.5 Å². The average molecular weight is 224 g/mol. The van der Waals surface area contributed by atoms with Crippen molar-refractivity contribution in [3.8, 4) is 5.75 Å². The molecule has 1 aromatic carbocycles. The van der Waals surface area contributed by atoms with Crippen molar-refractivity contribution in [3.05, 3.63) is 33.9 Å². The van der Waals surface area contributed by atoms with Crippen molar-refractivity contribution in [1.82, 2.24) is 0 Å². The number of nitrogens with zero attached hydrogens (tertiary/aromatic N) is 1. The summed E-state index contributed by atoms with van der Waals surface area (Å²) in [6, 6.07) is 3.32. The molecule has 0 amide bonds. The summed E-state index contributed by atoms with van der Waals surface area (Å²) in [5.74, 6) is -0.225. The molecule has 16 heavy (non-hydrogen) atoms. The molecule has 2 N–H and O–H groups in total. The molecule has 0 saturated heterocycles. The first kappa shape index (κ1) is 12.1. The van der Waals surface area contributed by atoms with Gasteiger partial charge in [0.15, 0.2) is 11.5 Å². The van der Waals surface area contributed by atoms with E-state index in [0.717, 1.165) is 0 Å². The molecule has 6 nitrogen and oxygen atoms in total. The second kappa shape index (κ2) is 4.71. The SMILES string of the molecule is COc1ccc(C(=O)C(C)N)cc1[N+](=O)[O-]. The topological polar surface area (TPSA) is 95.5 Å². The Bertz CT molecular complexity index is 429. The quantitative estimate of drug-likeness (QED) is 0.470. The van der Waals surface area contributed by atoms with Crippen molar-refractivity contribution in [2.45, 2.75) is 13.0 Å². The normalized spacial score (nSPS) is 11.9. The first-order chi connectivity index (χ1) is 7.47. The monoisotopic (exact) mass is 224 g/mol. The number of nitrogens with two attached hydrogens (primary N) is 1. The van der Waals surface area contributed by atoms with Gasteiger partial charge >= 0.3 is 5.69 Å². The first-order valence-electron chi connectivity index (χ1n) is 4.59. The zero-order valence-corrected chi connectivity index (χ0v) is 8.97. The molecule has 0 radical (unpaired) electrons. The van der Waals surface area contributed by atoms with Gasteiger partial charge in [0.2, 0.25) is 0 Å². The van der Waals surface area contributed by atoms with E-state index < -0.39 is 11.0 Å². The van der Waals surface area contributed by atoms with Crippen LogP contribution < -0.4 is 10.5 Å². The van der Waals surface area contributed by atoms with Gasteiger partial charge in [-0.25, -0.2) is 0 Å². The Labute approximate surface area is 92.2 Å². The highest BCUT2D eigenvalue weighted by atomic mass is 16.6. The molecule has 0 saturated carbocycles. The highest BCUT2D eigenvalue weighted by Crippen LogP contribution is 2.27. The van der Waals surface area contributed by atoms with Gasteiger partial charge in [0.05, 0.1) is 18.1 Å². The van der Waals surface area contributed by atoms with E-state index >= 15 is 0 Å². The summed E-state index contributed by atoms with van der Waals surface area (Å²) < 4.78 is 4.82. The fourth-order valence-corrected chi connectivity index (χ4v) is 1.25. The number of methoxy groups -OCH3 is 1. The van der Waals surface area contributed by atoms with Crippen molar-refractivity contribution in [2.75, 3.05) is 7.11 Å². The van der Waals surface area contributed by atoms with E-state index in [1.807, 2.05) is 0 Å². The van der Waals surface area contributed by atoms with Crippen molar-refractivity contribution >= 4 is 11.5 Å². The second-order valence-corrected chi connectivity index (χ2v) is 3.30. The van der Waals surface area contributed by atoms with Crippen LogP contribution in [0.5, 0.6) is 5.75 Å². The van der Waals surface area contributed by atoms with E-state index in [1.165, 1.54) is 32.2 Å². The maximum absolute atomic E-state index is 11.5. The van der Waals surface area contributed by atoms with Gasteiger partial charge in [0.25, 0.3) is 0 Å². The number of benzene rings is 1. The van der Waals surface area contributed by atoms with Gasteiger partial charge in [-0.05, 0) is 19.1 Å². The number of hydrogen-bond acceptors (Lipinski definition) is 5. The third-order valence-electron chi connectivity index (χ3n) is 2.07. The number of carbonyl (C=O) groups excluding carboxylic acids is 1. The molecule has 0 aliphatic heterocycles.